The second-order valence-electron chi connectivity index (χ2n) is 10.4. The molecule has 0 saturated carbocycles. The minimum atomic E-state index is -0.671. The number of aliphatic hydroxyl groups is 1. The Morgan fingerprint density at radius 2 is 2.00 bits per heavy atom. The van der Waals surface area contributed by atoms with E-state index in [1.54, 1.807) is 34.6 Å². The summed E-state index contributed by atoms with van der Waals surface area (Å²) in [6.07, 6.45) is 5.32. The van der Waals surface area contributed by atoms with Crippen LogP contribution in [0.2, 0.25) is 0 Å². The molecule has 5 atom stereocenters. The Morgan fingerprint density at radius 3 is 2.74 bits per heavy atom. The molecule has 0 aliphatic carbocycles. The number of esters is 1. The van der Waals surface area contributed by atoms with Crippen LogP contribution in [0.15, 0.2) is 55.1 Å². The predicted octanol–water partition coefficient (Wildman–Crippen LogP) is 4.18. The Morgan fingerprint density at radius 1 is 1.21 bits per heavy atom. The summed E-state index contributed by atoms with van der Waals surface area (Å²) >= 11 is 1.66. The number of amides is 2. The Hall–Kier alpha value is -2.84. The highest BCUT2D eigenvalue weighted by atomic mass is 32.2. The average molecular weight is 537 g/mol. The van der Waals surface area contributed by atoms with E-state index in [0.717, 1.165) is 35.7 Å². The molecule has 2 unspecified atom stereocenters. The summed E-state index contributed by atoms with van der Waals surface area (Å²) in [6.45, 7) is 6.79. The maximum absolute atomic E-state index is 14.6. The molecule has 2 aromatic rings. The molecule has 3 aliphatic rings. The summed E-state index contributed by atoms with van der Waals surface area (Å²) in [5.74, 6) is -1.64. The molecule has 3 saturated heterocycles. The lowest BCUT2D eigenvalue weighted by molar-refractivity contribution is -0.153. The molecular weight excluding hydrogens is 500 g/mol. The van der Waals surface area contributed by atoms with Crippen molar-refractivity contribution in [2.24, 2.45) is 11.8 Å². The second kappa shape index (κ2) is 11.1. The number of nitrogens with zero attached hydrogens (tertiary/aromatic N) is 2. The molecule has 7 nitrogen and oxygen atoms in total. The fourth-order valence-electron chi connectivity index (χ4n) is 6.69. The molecule has 202 valence electrons. The number of anilines is 1. The van der Waals surface area contributed by atoms with Crippen molar-refractivity contribution in [2.45, 2.75) is 55.1 Å². The zero-order valence-electron chi connectivity index (χ0n) is 21.9. The van der Waals surface area contributed by atoms with Crippen LogP contribution in [0.25, 0.3) is 10.8 Å². The average Bonchev–Trinajstić information content (AvgIpc) is 3.57. The van der Waals surface area contributed by atoms with Gasteiger partial charge >= 0.3 is 5.97 Å². The van der Waals surface area contributed by atoms with Crippen LogP contribution in [-0.4, -0.2) is 70.1 Å². The van der Waals surface area contributed by atoms with Gasteiger partial charge in [-0.1, -0.05) is 36.4 Å². The number of carbonyl (C=O) groups is 3. The normalized spacial score (nSPS) is 27.5. The minimum absolute atomic E-state index is 0.0108. The first-order valence-electron chi connectivity index (χ1n) is 13.6. The summed E-state index contributed by atoms with van der Waals surface area (Å²) in [5, 5.41) is 11.3. The van der Waals surface area contributed by atoms with Gasteiger partial charge in [0.15, 0.2) is 0 Å². The van der Waals surface area contributed by atoms with Crippen molar-refractivity contribution in [3.63, 3.8) is 0 Å². The van der Waals surface area contributed by atoms with Gasteiger partial charge < -0.3 is 19.6 Å². The minimum Gasteiger partial charge on any atom is -0.466 e. The Kier molecular flexibility index (Phi) is 7.82. The standard InChI is InChI=1S/C30H36N2O5S/c1-3-16-31(22-13-12-20-10-6-7-11-21(20)19-22)28(35)26-30-15-14-23(38-30)24(29(36)37-4-2)25(30)27(34)32(26)17-8-5-9-18-33/h3,6-7,10-13,19,23-26,33H,1,4-5,8-9,14-18H2,2H3/t23-,24+,25-,26?,30?/m0/s1. The first-order chi connectivity index (χ1) is 18.5. The van der Waals surface area contributed by atoms with Crippen LogP contribution in [-0.2, 0) is 19.1 Å². The lowest BCUT2D eigenvalue weighted by atomic mass is 9.71. The van der Waals surface area contributed by atoms with Crippen molar-refractivity contribution in [3.8, 4) is 0 Å². The number of thioether (sulfide) groups is 1. The van der Waals surface area contributed by atoms with Gasteiger partial charge in [-0.3, -0.25) is 14.4 Å². The lowest BCUT2D eigenvalue weighted by Gasteiger charge is -2.37. The van der Waals surface area contributed by atoms with Gasteiger partial charge in [-0.2, -0.15) is 0 Å². The molecule has 8 heteroatoms. The molecule has 3 aliphatic heterocycles. The van der Waals surface area contributed by atoms with E-state index in [9.17, 15) is 19.5 Å². The number of aliphatic hydroxyl groups excluding tert-OH is 1. The van der Waals surface area contributed by atoms with Gasteiger partial charge in [0.1, 0.15) is 6.04 Å². The monoisotopic (exact) mass is 536 g/mol. The SMILES string of the molecule is C=CCN(C(=O)C1N(CCCCCO)C(=O)[C@@H]2[C@H](C(=O)OCC)[C@@H]3CCC12S3)c1ccc2ccccc2c1. The van der Waals surface area contributed by atoms with E-state index in [-0.39, 0.29) is 36.2 Å². The fourth-order valence-corrected chi connectivity index (χ4v) is 8.89. The third-order valence-corrected chi connectivity index (χ3v) is 10.2. The molecular formula is C30H36N2O5S. The maximum Gasteiger partial charge on any atom is 0.310 e. The second-order valence-corrected chi connectivity index (χ2v) is 12.0. The predicted molar refractivity (Wildman–Crippen MR) is 150 cm³/mol. The van der Waals surface area contributed by atoms with Crippen LogP contribution in [0.5, 0.6) is 0 Å². The highest BCUT2D eigenvalue weighted by Gasteiger charge is 2.74. The van der Waals surface area contributed by atoms with E-state index in [4.69, 9.17) is 4.74 Å². The van der Waals surface area contributed by atoms with Crippen LogP contribution in [0.3, 0.4) is 0 Å². The number of benzene rings is 2. The molecule has 3 heterocycles. The smallest absolute Gasteiger partial charge is 0.310 e. The molecule has 2 aromatic carbocycles. The quantitative estimate of drug-likeness (QED) is 0.264. The Balaban J connectivity index is 1.53. The van der Waals surface area contributed by atoms with Crippen molar-refractivity contribution in [1.82, 2.24) is 4.90 Å². The number of unbranched alkanes of at least 4 members (excludes halogenated alkanes) is 2. The van der Waals surface area contributed by atoms with E-state index >= 15 is 0 Å². The topological polar surface area (TPSA) is 87.2 Å². The van der Waals surface area contributed by atoms with Crippen LogP contribution in [0, 0.1) is 11.8 Å². The number of hydrogen-bond donors (Lipinski definition) is 1. The first-order valence-corrected chi connectivity index (χ1v) is 14.5. The Labute approximate surface area is 228 Å². The number of fused-ring (bicyclic) bond motifs is 2. The molecule has 0 radical (unpaired) electrons. The van der Waals surface area contributed by atoms with Gasteiger partial charge in [-0.15, -0.1) is 18.3 Å². The number of likely N-dealkylation sites (tertiary alicyclic amines) is 1. The highest BCUT2D eigenvalue weighted by Crippen LogP contribution is 2.66. The van der Waals surface area contributed by atoms with Crippen molar-refractivity contribution in [2.75, 3.05) is 31.2 Å². The van der Waals surface area contributed by atoms with Gasteiger partial charge in [0.25, 0.3) is 5.91 Å². The lowest BCUT2D eigenvalue weighted by Crippen LogP contribution is -2.55. The van der Waals surface area contributed by atoms with Crippen LogP contribution in [0.1, 0.15) is 39.0 Å². The summed E-state index contributed by atoms with van der Waals surface area (Å²) in [4.78, 5) is 45.1. The van der Waals surface area contributed by atoms with Crippen molar-refractivity contribution in [3.05, 3.63) is 55.1 Å². The van der Waals surface area contributed by atoms with E-state index in [1.165, 1.54) is 0 Å². The molecule has 1 spiro atoms. The first kappa shape index (κ1) is 26.8. The number of hydrogen-bond acceptors (Lipinski definition) is 6. The molecule has 3 fully saturated rings. The molecule has 0 aromatic heterocycles. The summed E-state index contributed by atoms with van der Waals surface area (Å²) < 4.78 is 4.76. The number of rotatable bonds is 11. The zero-order valence-corrected chi connectivity index (χ0v) is 22.7. The third-order valence-electron chi connectivity index (χ3n) is 8.27. The zero-order chi connectivity index (χ0) is 26.9. The van der Waals surface area contributed by atoms with E-state index in [0.29, 0.717) is 25.9 Å². The van der Waals surface area contributed by atoms with Crippen LogP contribution < -0.4 is 4.90 Å². The molecule has 2 bridgehead atoms. The Bertz CT molecular complexity index is 1230. The third kappa shape index (κ3) is 4.41. The molecule has 5 rings (SSSR count). The van der Waals surface area contributed by atoms with E-state index in [2.05, 4.69) is 6.58 Å². The van der Waals surface area contributed by atoms with Gasteiger partial charge in [0.05, 0.1) is 23.2 Å². The van der Waals surface area contributed by atoms with Gasteiger partial charge in [0.2, 0.25) is 5.91 Å². The molecule has 1 N–H and O–H groups in total. The number of ether oxygens (including phenoxy) is 1. The highest BCUT2D eigenvalue weighted by molar-refractivity contribution is 8.02. The van der Waals surface area contributed by atoms with Gasteiger partial charge in [0, 0.05) is 30.6 Å². The van der Waals surface area contributed by atoms with E-state index in [1.807, 2.05) is 42.5 Å². The van der Waals surface area contributed by atoms with Gasteiger partial charge in [-0.25, -0.2) is 0 Å². The molecule has 2 amide bonds. The molecule has 38 heavy (non-hydrogen) atoms. The largest absolute Gasteiger partial charge is 0.466 e. The van der Waals surface area contributed by atoms with Crippen LogP contribution >= 0.6 is 11.8 Å². The van der Waals surface area contributed by atoms with Crippen molar-refractivity contribution < 1.29 is 24.2 Å². The maximum atomic E-state index is 14.6. The van der Waals surface area contributed by atoms with Crippen LogP contribution in [0.4, 0.5) is 5.69 Å². The van der Waals surface area contributed by atoms with Crippen molar-refractivity contribution >= 4 is 46.0 Å². The summed E-state index contributed by atoms with van der Waals surface area (Å²) in [5.41, 5.74) is 0.764. The fraction of sp³-hybridized carbons (Fsp3) is 0.500. The van der Waals surface area contributed by atoms with E-state index < -0.39 is 22.6 Å². The number of carbonyl (C=O) groups excluding carboxylic acids is 3. The summed E-state index contributed by atoms with van der Waals surface area (Å²) in [7, 11) is 0. The van der Waals surface area contributed by atoms with Crippen molar-refractivity contribution in [1.29, 1.82) is 0 Å². The summed E-state index contributed by atoms with van der Waals surface area (Å²) in [6, 6.07) is 13.3. The van der Waals surface area contributed by atoms with Gasteiger partial charge in [-0.05, 0) is 61.9 Å².